The highest BCUT2D eigenvalue weighted by Gasteiger charge is 2.41. The number of carbonyl (C=O) groups excluding carboxylic acids is 2. The number of hydrogen-bond donors (Lipinski definition) is 4. The molecule has 1 aromatic rings. The van der Waals surface area contributed by atoms with Crippen LogP contribution >= 0.6 is 0 Å². The Labute approximate surface area is 141 Å². The number of nitrogens with one attached hydrogen (secondary N) is 2. The minimum Gasteiger partial charge on any atom is -0.426 e. The molecule has 2 saturated heterocycles. The summed E-state index contributed by atoms with van der Waals surface area (Å²) in [6.45, 7) is 1.06. The summed E-state index contributed by atoms with van der Waals surface area (Å²) in [6, 6.07) is 8.45. The average Bonchev–Trinajstić information content (AvgIpc) is 3.24. The minimum atomic E-state index is -1.51. The van der Waals surface area contributed by atoms with Crippen molar-refractivity contribution in [2.75, 3.05) is 13.1 Å². The molecule has 0 saturated carbocycles. The van der Waals surface area contributed by atoms with Gasteiger partial charge in [-0.05, 0) is 31.4 Å². The third-order valence-corrected chi connectivity index (χ3v) is 4.73. The van der Waals surface area contributed by atoms with Crippen LogP contribution in [0.1, 0.15) is 29.6 Å². The molecule has 3 atom stereocenters. The topological polar surface area (TPSA) is 102 Å². The Kier molecular flexibility index (Phi) is 5.18. The van der Waals surface area contributed by atoms with Crippen LogP contribution in [0.3, 0.4) is 0 Å². The van der Waals surface area contributed by atoms with Crippen LogP contribution in [-0.4, -0.2) is 65.0 Å². The normalized spacial score (nSPS) is 26.4. The molecule has 4 N–H and O–H groups in total. The van der Waals surface area contributed by atoms with E-state index in [1.807, 2.05) is 18.2 Å². The maximum absolute atomic E-state index is 12.6. The Hall–Kier alpha value is -1.90. The zero-order chi connectivity index (χ0) is 17.1. The molecule has 0 radical (unpaired) electrons. The number of hydrogen-bond acceptors (Lipinski definition) is 5. The molecule has 0 spiro atoms. The van der Waals surface area contributed by atoms with E-state index in [0.717, 1.165) is 6.42 Å². The zero-order valence-corrected chi connectivity index (χ0v) is 13.4. The quantitative estimate of drug-likeness (QED) is 0.539. The third kappa shape index (κ3) is 3.61. The van der Waals surface area contributed by atoms with E-state index in [1.165, 1.54) is 0 Å². The first-order chi connectivity index (χ1) is 11.6. The highest BCUT2D eigenvalue weighted by Crippen LogP contribution is 2.21. The molecule has 2 amide bonds. The fourth-order valence-electron chi connectivity index (χ4n) is 3.47. The van der Waals surface area contributed by atoms with Crippen molar-refractivity contribution in [1.29, 1.82) is 0 Å². The molecule has 128 valence electrons. The third-order valence-electron chi connectivity index (χ3n) is 4.73. The van der Waals surface area contributed by atoms with Crippen LogP contribution in [0.2, 0.25) is 0 Å². The molecule has 3 rings (SSSR count). The summed E-state index contributed by atoms with van der Waals surface area (Å²) < 4.78 is 0. The maximum Gasteiger partial charge on any atom is 0.475 e. The lowest BCUT2D eigenvalue weighted by molar-refractivity contribution is -0.133. The standard InChI is InChI=1S/C16H22BN3O4/c21-15(11-5-2-1-3-6-11)19-12-9-13(18-10-12)16(22)20-8-4-7-14(20)17(23)24/h1-3,5-6,12-14,18,23-24H,4,7-10H2,(H,19,21)/t12-,13-,14-/m0/s1. The van der Waals surface area contributed by atoms with Gasteiger partial charge in [-0.2, -0.15) is 0 Å². The van der Waals surface area contributed by atoms with Crippen molar-refractivity contribution in [3.05, 3.63) is 35.9 Å². The smallest absolute Gasteiger partial charge is 0.426 e. The van der Waals surface area contributed by atoms with E-state index in [4.69, 9.17) is 0 Å². The van der Waals surface area contributed by atoms with Crippen molar-refractivity contribution >= 4 is 18.9 Å². The Morgan fingerprint density at radius 2 is 2.00 bits per heavy atom. The first-order valence-corrected chi connectivity index (χ1v) is 8.32. The monoisotopic (exact) mass is 331 g/mol. The largest absolute Gasteiger partial charge is 0.475 e. The van der Waals surface area contributed by atoms with Gasteiger partial charge in [0.25, 0.3) is 5.91 Å². The summed E-state index contributed by atoms with van der Waals surface area (Å²) in [5.74, 6) is -0.806. The van der Waals surface area contributed by atoms with E-state index in [2.05, 4.69) is 10.6 Å². The Morgan fingerprint density at radius 3 is 2.71 bits per heavy atom. The Balaban J connectivity index is 1.55. The van der Waals surface area contributed by atoms with E-state index < -0.39 is 19.1 Å². The van der Waals surface area contributed by atoms with Gasteiger partial charge in [-0.25, -0.2) is 0 Å². The first-order valence-electron chi connectivity index (χ1n) is 8.32. The predicted octanol–water partition coefficient (Wildman–Crippen LogP) is -0.850. The van der Waals surface area contributed by atoms with Crippen LogP contribution in [0.15, 0.2) is 30.3 Å². The molecule has 0 unspecified atom stereocenters. The molecule has 0 aromatic heterocycles. The fourth-order valence-corrected chi connectivity index (χ4v) is 3.47. The number of nitrogens with zero attached hydrogens (tertiary/aromatic N) is 1. The van der Waals surface area contributed by atoms with Crippen LogP contribution in [-0.2, 0) is 4.79 Å². The van der Waals surface area contributed by atoms with Gasteiger partial charge in [-0.15, -0.1) is 0 Å². The van der Waals surface area contributed by atoms with Gasteiger partial charge in [0, 0.05) is 24.7 Å². The maximum atomic E-state index is 12.6. The van der Waals surface area contributed by atoms with Crippen LogP contribution in [0.25, 0.3) is 0 Å². The summed E-state index contributed by atoms with van der Waals surface area (Å²) in [5.41, 5.74) is 0.593. The second-order valence-corrected chi connectivity index (χ2v) is 6.39. The van der Waals surface area contributed by atoms with Crippen LogP contribution in [0.5, 0.6) is 0 Å². The van der Waals surface area contributed by atoms with Gasteiger partial charge in [0.15, 0.2) is 0 Å². The van der Waals surface area contributed by atoms with Crippen molar-refractivity contribution < 1.29 is 19.6 Å². The average molecular weight is 331 g/mol. The zero-order valence-electron chi connectivity index (χ0n) is 13.4. The number of rotatable bonds is 4. The second kappa shape index (κ2) is 7.33. The van der Waals surface area contributed by atoms with E-state index in [0.29, 0.717) is 31.5 Å². The summed E-state index contributed by atoms with van der Waals surface area (Å²) >= 11 is 0. The van der Waals surface area contributed by atoms with Crippen molar-refractivity contribution in [3.63, 3.8) is 0 Å². The molecule has 2 aliphatic rings. The van der Waals surface area contributed by atoms with E-state index in [1.54, 1.807) is 17.0 Å². The van der Waals surface area contributed by atoms with Crippen LogP contribution < -0.4 is 10.6 Å². The summed E-state index contributed by atoms with van der Waals surface area (Å²) in [5, 5.41) is 24.9. The van der Waals surface area contributed by atoms with Crippen molar-refractivity contribution in [3.8, 4) is 0 Å². The lowest BCUT2D eigenvalue weighted by atomic mass is 9.77. The second-order valence-electron chi connectivity index (χ2n) is 6.39. The lowest BCUT2D eigenvalue weighted by Gasteiger charge is -2.26. The van der Waals surface area contributed by atoms with Crippen molar-refractivity contribution in [2.24, 2.45) is 0 Å². The number of carbonyl (C=O) groups is 2. The van der Waals surface area contributed by atoms with Crippen LogP contribution in [0.4, 0.5) is 0 Å². The van der Waals surface area contributed by atoms with E-state index >= 15 is 0 Å². The lowest BCUT2D eigenvalue weighted by Crippen LogP contribution is -2.51. The summed E-state index contributed by atoms with van der Waals surface area (Å²) in [4.78, 5) is 26.3. The molecule has 1 aromatic carbocycles. The molecule has 2 aliphatic heterocycles. The van der Waals surface area contributed by atoms with Gasteiger partial charge in [-0.3, -0.25) is 9.59 Å². The number of benzene rings is 1. The molecule has 0 bridgehead atoms. The van der Waals surface area contributed by atoms with E-state index in [9.17, 15) is 19.6 Å². The van der Waals surface area contributed by atoms with E-state index in [-0.39, 0.29) is 17.9 Å². The van der Waals surface area contributed by atoms with Crippen molar-refractivity contribution in [1.82, 2.24) is 15.5 Å². The van der Waals surface area contributed by atoms with Gasteiger partial charge in [0.2, 0.25) is 5.91 Å². The molecule has 24 heavy (non-hydrogen) atoms. The van der Waals surface area contributed by atoms with Gasteiger partial charge >= 0.3 is 7.12 Å². The highest BCUT2D eigenvalue weighted by molar-refractivity contribution is 6.43. The molecule has 2 heterocycles. The summed E-state index contributed by atoms with van der Waals surface area (Å²) in [6.07, 6.45) is 1.88. The predicted molar refractivity (Wildman–Crippen MR) is 89.0 cm³/mol. The van der Waals surface area contributed by atoms with Crippen molar-refractivity contribution in [2.45, 2.75) is 37.3 Å². The Bertz CT molecular complexity index is 598. The van der Waals surface area contributed by atoms with Gasteiger partial charge < -0.3 is 25.6 Å². The molecule has 2 fully saturated rings. The van der Waals surface area contributed by atoms with Crippen LogP contribution in [0, 0.1) is 0 Å². The molecular weight excluding hydrogens is 309 g/mol. The summed E-state index contributed by atoms with van der Waals surface area (Å²) in [7, 11) is -1.51. The molecule has 8 heteroatoms. The van der Waals surface area contributed by atoms with Gasteiger partial charge in [-0.1, -0.05) is 18.2 Å². The molecule has 0 aliphatic carbocycles. The fraction of sp³-hybridized carbons (Fsp3) is 0.500. The molecular formula is C16H22BN3O4. The Morgan fingerprint density at radius 1 is 1.25 bits per heavy atom. The van der Waals surface area contributed by atoms with Gasteiger partial charge in [0.05, 0.1) is 12.0 Å². The minimum absolute atomic E-state index is 0.119. The molecule has 7 nitrogen and oxygen atoms in total. The SMILES string of the molecule is O=C(N[C@@H]1CN[C@H](C(=O)N2CCC[C@H]2B(O)O)C1)c1ccccc1. The highest BCUT2D eigenvalue weighted by atomic mass is 16.4. The number of amides is 2. The number of likely N-dealkylation sites (tertiary alicyclic amines) is 1. The first kappa shape index (κ1) is 16.9. The van der Waals surface area contributed by atoms with Gasteiger partial charge in [0.1, 0.15) is 0 Å².